The van der Waals surface area contributed by atoms with Crippen LogP contribution in [0.25, 0.3) is 0 Å². The number of hydrogen-bond donors (Lipinski definition) is 1. The van der Waals surface area contributed by atoms with Gasteiger partial charge in [0.25, 0.3) is 0 Å². The lowest BCUT2D eigenvalue weighted by molar-refractivity contribution is -0.123. The molecule has 2 fully saturated rings. The SMILES string of the molecule is O=C(CC1CS(=O)(=O)CCN1)C1CCCCCC1. The van der Waals surface area contributed by atoms with E-state index in [0.29, 0.717) is 13.0 Å². The molecule has 0 aromatic heterocycles. The van der Waals surface area contributed by atoms with Gasteiger partial charge in [0.15, 0.2) is 9.84 Å². The van der Waals surface area contributed by atoms with Gasteiger partial charge in [-0.15, -0.1) is 0 Å². The molecule has 1 aliphatic heterocycles. The Kier molecular flexibility index (Phi) is 4.78. The Morgan fingerprint density at radius 2 is 1.78 bits per heavy atom. The fourth-order valence-corrected chi connectivity index (χ4v) is 4.45. The lowest BCUT2D eigenvalue weighted by atomic mass is 9.92. The Morgan fingerprint density at radius 3 is 2.39 bits per heavy atom. The van der Waals surface area contributed by atoms with Crippen molar-refractivity contribution in [1.82, 2.24) is 5.32 Å². The maximum absolute atomic E-state index is 12.2. The van der Waals surface area contributed by atoms with Gasteiger partial charge in [-0.2, -0.15) is 0 Å². The molecule has 0 spiro atoms. The van der Waals surface area contributed by atoms with Crippen molar-refractivity contribution in [2.75, 3.05) is 18.1 Å². The average molecular weight is 273 g/mol. The summed E-state index contributed by atoms with van der Waals surface area (Å²) in [6, 6.07) is -0.153. The van der Waals surface area contributed by atoms with Gasteiger partial charge in [-0.25, -0.2) is 8.42 Å². The number of carbonyl (C=O) groups excluding carboxylic acids is 1. The van der Waals surface area contributed by atoms with Crippen molar-refractivity contribution >= 4 is 15.6 Å². The van der Waals surface area contributed by atoms with Crippen LogP contribution in [-0.2, 0) is 14.6 Å². The molecular formula is C13H23NO3S. The molecule has 0 amide bonds. The molecule has 18 heavy (non-hydrogen) atoms. The van der Waals surface area contributed by atoms with Gasteiger partial charge in [0.2, 0.25) is 0 Å². The summed E-state index contributed by atoms with van der Waals surface area (Å²) in [5, 5.41) is 3.16. The second kappa shape index (κ2) is 6.15. The smallest absolute Gasteiger partial charge is 0.153 e. The third-order valence-electron chi connectivity index (χ3n) is 4.06. The maximum Gasteiger partial charge on any atom is 0.153 e. The van der Waals surface area contributed by atoms with E-state index >= 15 is 0 Å². The minimum atomic E-state index is -2.93. The quantitative estimate of drug-likeness (QED) is 0.787. The maximum atomic E-state index is 12.2. The van der Waals surface area contributed by atoms with Crippen LogP contribution < -0.4 is 5.32 Å². The topological polar surface area (TPSA) is 63.2 Å². The number of hydrogen-bond acceptors (Lipinski definition) is 4. The monoisotopic (exact) mass is 273 g/mol. The molecule has 0 radical (unpaired) electrons. The van der Waals surface area contributed by atoms with Gasteiger partial charge in [-0.05, 0) is 12.8 Å². The van der Waals surface area contributed by atoms with Crippen LogP contribution in [0.5, 0.6) is 0 Å². The van der Waals surface area contributed by atoms with Crippen molar-refractivity contribution in [1.29, 1.82) is 0 Å². The van der Waals surface area contributed by atoms with Crippen molar-refractivity contribution in [3.8, 4) is 0 Å². The zero-order chi connectivity index (χ0) is 13.0. The Hall–Kier alpha value is -0.420. The molecule has 1 heterocycles. The third kappa shape index (κ3) is 4.05. The molecule has 4 nitrogen and oxygen atoms in total. The Morgan fingerprint density at radius 1 is 1.11 bits per heavy atom. The van der Waals surface area contributed by atoms with Gasteiger partial charge < -0.3 is 5.32 Å². The van der Waals surface area contributed by atoms with Gasteiger partial charge in [-0.3, -0.25) is 4.79 Å². The van der Waals surface area contributed by atoms with E-state index in [4.69, 9.17) is 0 Å². The van der Waals surface area contributed by atoms with Crippen LogP contribution in [0.4, 0.5) is 0 Å². The van der Waals surface area contributed by atoms with E-state index in [1.54, 1.807) is 0 Å². The van der Waals surface area contributed by atoms with E-state index in [2.05, 4.69) is 5.32 Å². The van der Waals surface area contributed by atoms with Crippen molar-refractivity contribution < 1.29 is 13.2 Å². The van der Waals surface area contributed by atoms with E-state index < -0.39 is 9.84 Å². The van der Waals surface area contributed by atoms with Gasteiger partial charge in [0, 0.05) is 24.9 Å². The molecule has 2 rings (SSSR count). The van der Waals surface area contributed by atoms with Gasteiger partial charge >= 0.3 is 0 Å². The minimum absolute atomic E-state index is 0.130. The summed E-state index contributed by atoms with van der Waals surface area (Å²) in [5.74, 6) is 0.789. The van der Waals surface area contributed by atoms with Gasteiger partial charge in [-0.1, -0.05) is 25.7 Å². The molecule has 104 valence electrons. The summed E-state index contributed by atoms with van der Waals surface area (Å²) in [6.45, 7) is 0.491. The molecule has 1 N–H and O–H groups in total. The summed E-state index contributed by atoms with van der Waals surface area (Å²) >= 11 is 0. The molecule has 1 saturated heterocycles. The molecule has 0 bridgehead atoms. The normalized spacial score (nSPS) is 29.7. The molecule has 0 aromatic rings. The van der Waals surface area contributed by atoms with Gasteiger partial charge in [0.1, 0.15) is 5.78 Å². The highest BCUT2D eigenvalue weighted by atomic mass is 32.2. The zero-order valence-electron chi connectivity index (χ0n) is 10.9. The van der Waals surface area contributed by atoms with Crippen LogP contribution in [0.3, 0.4) is 0 Å². The number of Topliss-reactive ketones (excluding diaryl/α,β-unsaturated/α-hetero) is 1. The number of nitrogens with one attached hydrogen (secondary N) is 1. The standard InChI is InChI=1S/C13H23NO3S/c15-13(11-5-3-1-2-4-6-11)9-12-10-18(16,17)8-7-14-12/h11-12,14H,1-10H2. The third-order valence-corrected chi connectivity index (χ3v) is 5.80. The first-order chi connectivity index (χ1) is 8.57. The Balaban J connectivity index is 1.86. The van der Waals surface area contributed by atoms with Crippen LogP contribution in [0, 0.1) is 5.92 Å². The number of carbonyl (C=O) groups is 1. The molecule has 1 saturated carbocycles. The molecular weight excluding hydrogens is 250 g/mol. The van der Waals surface area contributed by atoms with Crippen molar-refractivity contribution in [3.63, 3.8) is 0 Å². The Labute approximate surface area is 109 Å². The summed E-state index contributed by atoms with van der Waals surface area (Å²) in [5.41, 5.74) is 0. The lowest BCUT2D eigenvalue weighted by Gasteiger charge is -2.24. The minimum Gasteiger partial charge on any atom is -0.312 e. The summed E-state index contributed by atoms with van der Waals surface area (Å²) in [7, 11) is -2.93. The predicted molar refractivity (Wildman–Crippen MR) is 71.3 cm³/mol. The first-order valence-electron chi connectivity index (χ1n) is 7.03. The first kappa shape index (κ1) is 14.0. The first-order valence-corrected chi connectivity index (χ1v) is 8.85. The molecule has 1 atom stereocenters. The van der Waals surface area contributed by atoms with Crippen LogP contribution >= 0.6 is 0 Å². The van der Waals surface area contributed by atoms with Crippen LogP contribution in [0.15, 0.2) is 0 Å². The number of ketones is 1. The van der Waals surface area contributed by atoms with Gasteiger partial charge in [0.05, 0.1) is 11.5 Å². The highest BCUT2D eigenvalue weighted by Gasteiger charge is 2.28. The lowest BCUT2D eigenvalue weighted by Crippen LogP contribution is -2.46. The van der Waals surface area contributed by atoms with Crippen LogP contribution in [0.1, 0.15) is 44.9 Å². The largest absolute Gasteiger partial charge is 0.312 e. The van der Waals surface area contributed by atoms with E-state index in [1.165, 1.54) is 12.8 Å². The molecule has 2 aliphatic rings. The van der Waals surface area contributed by atoms with Crippen LogP contribution in [0.2, 0.25) is 0 Å². The highest BCUT2D eigenvalue weighted by Crippen LogP contribution is 2.25. The number of rotatable bonds is 3. The van der Waals surface area contributed by atoms with E-state index in [9.17, 15) is 13.2 Å². The predicted octanol–water partition coefficient (Wildman–Crippen LogP) is 1.30. The van der Waals surface area contributed by atoms with Crippen molar-refractivity contribution in [3.05, 3.63) is 0 Å². The second-order valence-corrected chi connectivity index (χ2v) is 7.85. The average Bonchev–Trinajstić information content (AvgIpc) is 2.55. The van der Waals surface area contributed by atoms with E-state index in [0.717, 1.165) is 25.7 Å². The fraction of sp³-hybridized carbons (Fsp3) is 0.923. The number of sulfone groups is 1. The molecule has 1 aliphatic carbocycles. The van der Waals surface area contributed by atoms with E-state index in [-0.39, 0.29) is 29.2 Å². The van der Waals surface area contributed by atoms with Crippen molar-refractivity contribution in [2.45, 2.75) is 51.0 Å². The van der Waals surface area contributed by atoms with Crippen LogP contribution in [-0.4, -0.2) is 38.3 Å². The summed E-state index contributed by atoms with van der Waals surface area (Å²) < 4.78 is 23.0. The van der Waals surface area contributed by atoms with Crippen molar-refractivity contribution in [2.24, 2.45) is 5.92 Å². The fourth-order valence-electron chi connectivity index (χ4n) is 3.01. The Bertz CT molecular complexity index is 383. The molecule has 5 heteroatoms. The summed E-state index contributed by atoms with van der Waals surface area (Å²) in [6.07, 6.45) is 7.15. The highest BCUT2D eigenvalue weighted by molar-refractivity contribution is 7.91. The molecule has 1 unspecified atom stereocenters. The summed E-state index contributed by atoms with van der Waals surface area (Å²) in [4.78, 5) is 12.2. The van der Waals surface area contributed by atoms with E-state index in [1.807, 2.05) is 0 Å². The second-order valence-electron chi connectivity index (χ2n) is 5.62. The zero-order valence-corrected chi connectivity index (χ0v) is 11.7. The molecule has 0 aromatic carbocycles.